The van der Waals surface area contributed by atoms with Gasteiger partial charge in [0.2, 0.25) is 11.7 Å². The molecule has 1 aliphatic heterocycles. The summed E-state index contributed by atoms with van der Waals surface area (Å²) in [6, 6.07) is 6.77. The number of benzene rings is 1. The number of hydrogen-bond acceptors (Lipinski definition) is 7. The number of esters is 1. The van der Waals surface area contributed by atoms with Crippen molar-refractivity contribution in [2.45, 2.75) is 18.9 Å². The summed E-state index contributed by atoms with van der Waals surface area (Å²) in [5.74, 6) is 1.57. The van der Waals surface area contributed by atoms with E-state index >= 15 is 0 Å². The minimum atomic E-state index is -0.402. The molecule has 0 aliphatic carbocycles. The van der Waals surface area contributed by atoms with Crippen LogP contribution in [0.3, 0.4) is 0 Å². The number of halogens is 1. The summed E-state index contributed by atoms with van der Waals surface area (Å²) < 4.78 is 15.5. The Hall–Kier alpha value is -2.12. The van der Waals surface area contributed by atoms with Crippen LogP contribution < -0.4 is 10.1 Å². The number of nitrogens with zero attached hydrogens (tertiary/aromatic N) is 2. The largest absolute Gasteiger partial charge is 0.485 e. The Kier molecular flexibility index (Phi) is 5.95. The molecular formula is C15H18ClN3O4. The lowest BCUT2D eigenvalue weighted by atomic mass is 10.1. The van der Waals surface area contributed by atoms with Crippen LogP contribution in [-0.4, -0.2) is 36.3 Å². The van der Waals surface area contributed by atoms with Crippen molar-refractivity contribution in [3.63, 3.8) is 0 Å². The van der Waals surface area contributed by atoms with Crippen LogP contribution >= 0.6 is 12.4 Å². The van der Waals surface area contributed by atoms with Crippen molar-refractivity contribution in [1.29, 1.82) is 0 Å². The SMILES string of the molecule is COC(=O)c1cccc(OCc2noc([C@H]3CCNC3)n2)c1.Cl. The molecule has 3 rings (SSSR count). The van der Waals surface area contributed by atoms with Gasteiger partial charge < -0.3 is 19.3 Å². The van der Waals surface area contributed by atoms with Crippen molar-refractivity contribution in [2.75, 3.05) is 20.2 Å². The van der Waals surface area contributed by atoms with Gasteiger partial charge in [0.1, 0.15) is 5.75 Å². The third kappa shape index (κ3) is 4.20. The van der Waals surface area contributed by atoms with Gasteiger partial charge in [-0.25, -0.2) is 4.79 Å². The Morgan fingerprint density at radius 3 is 3.09 bits per heavy atom. The highest BCUT2D eigenvalue weighted by molar-refractivity contribution is 5.89. The smallest absolute Gasteiger partial charge is 0.337 e. The average Bonchev–Trinajstić information content (AvgIpc) is 3.23. The average molecular weight is 340 g/mol. The van der Waals surface area contributed by atoms with Crippen LogP contribution in [0.25, 0.3) is 0 Å². The molecule has 0 amide bonds. The number of carbonyl (C=O) groups excluding carboxylic acids is 1. The van der Waals surface area contributed by atoms with Gasteiger partial charge in [-0.15, -0.1) is 12.4 Å². The second kappa shape index (κ2) is 7.94. The second-order valence-electron chi connectivity index (χ2n) is 5.05. The summed E-state index contributed by atoms with van der Waals surface area (Å²) >= 11 is 0. The topological polar surface area (TPSA) is 86.5 Å². The minimum absolute atomic E-state index is 0. The van der Waals surface area contributed by atoms with Gasteiger partial charge in [0, 0.05) is 6.54 Å². The molecule has 1 atom stereocenters. The van der Waals surface area contributed by atoms with E-state index in [4.69, 9.17) is 9.26 Å². The Labute approximate surface area is 139 Å². The van der Waals surface area contributed by atoms with Gasteiger partial charge in [-0.05, 0) is 31.2 Å². The Morgan fingerprint density at radius 2 is 2.35 bits per heavy atom. The zero-order valence-electron chi connectivity index (χ0n) is 12.7. The molecule has 1 aliphatic rings. The van der Waals surface area contributed by atoms with E-state index in [0.29, 0.717) is 23.0 Å². The monoisotopic (exact) mass is 339 g/mol. The van der Waals surface area contributed by atoms with Crippen molar-refractivity contribution in [1.82, 2.24) is 15.5 Å². The summed E-state index contributed by atoms with van der Waals surface area (Å²) in [6.07, 6.45) is 1.00. The molecule has 1 aromatic carbocycles. The van der Waals surface area contributed by atoms with Crippen molar-refractivity contribution in [2.24, 2.45) is 0 Å². The molecule has 2 heterocycles. The van der Waals surface area contributed by atoms with Crippen LogP contribution in [-0.2, 0) is 11.3 Å². The Balaban J connectivity index is 0.00000192. The van der Waals surface area contributed by atoms with E-state index in [1.54, 1.807) is 24.3 Å². The molecule has 1 aromatic heterocycles. The first-order valence-corrected chi connectivity index (χ1v) is 7.10. The lowest BCUT2D eigenvalue weighted by Crippen LogP contribution is -2.08. The van der Waals surface area contributed by atoms with Crippen LogP contribution in [0, 0.1) is 0 Å². The summed E-state index contributed by atoms with van der Waals surface area (Å²) in [7, 11) is 1.34. The maximum Gasteiger partial charge on any atom is 0.337 e. The van der Waals surface area contributed by atoms with E-state index in [2.05, 4.69) is 20.2 Å². The summed E-state index contributed by atoms with van der Waals surface area (Å²) in [5, 5.41) is 7.18. The first-order valence-electron chi connectivity index (χ1n) is 7.10. The highest BCUT2D eigenvalue weighted by Crippen LogP contribution is 2.21. The Morgan fingerprint density at radius 1 is 1.48 bits per heavy atom. The summed E-state index contributed by atoms with van der Waals surface area (Å²) in [5.41, 5.74) is 0.436. The number of rotatable bonds is 5. The number of carbonyl (C=O) groups is 1. The first-order chi connectivity index (χ1) is 10.8. The lowest BCUT2D eigenvalue weighted by Gasteiger charge is -2.05. The van der Waals surface area contributed by atoms with Gasteiger partial charge in [-0.3, -0.25) is 0 Å². The van der Waals surface area contributed by atoms with Crippen LogP contribution in [0.1, 0.15) is 34.4 Å². The summed E-state index contributed by atoms with van der Waals surface area (Å²) in [6.45, 7) is 2.02. The van der Waals surface area contributed by atoms with Crippen LogP contribution in [0.4, 0.5) is 0 Å². The fraction of sp³-hybridized carbons (Fsp3) is 0.400. The minimum Gasteiger partial charge on any atom is -0.485 e. The fourth-order valence-corrected chi connectivity index (χ4v) is 2.34. The van der Waals surface area contributed by atoms with E-state index in [1.807, 2.05) is 0 Å². The van der Waals surface area contributed by atoms with E-state index in [1.165, 1.54) is 7.11 Å². The first kappa shape index (κ1) is 17.2. The van der Waals surface area contributed by atoms with Gasteiger partial charge in [0.25, 0.3) is 0 Å². The maximum atomic E-state index is 11.5. The highest BCUT2D eigenvalue weighted by atomic mass is 35.5. The number of methoxy groups -OCH3 is 1. The van der Waals surface area contributed by atoms with E-state index in [-0.39, 0.29) is 24.9 Å². The third-order valence-corrected chi connectivity index (χ3v) is 3.52. The van der Waals surface area contributed by atoms with Crippen LogP contribution in [0.15, 0.2) is 28.8 Å². The van der Waals surface area contributed by atoms with Gasteiger partial charge in [0.15, 0.2) is 6.61 Å². The Bertz CT molecular complexity index is 656. The van der Waals surface area contributed by atoms with Crippen LogP contribution in [0.2, 0.25) is 0 Å². The normalized spacial score (nSPS) is 16.7. The van der Waals surface area contributed by atoms with Gasteiger partial charge >= 0.3 is 5.97 Å². The van der Waals surface area contributed by atoms with Gasteiger partial charge in [-0.1, -0.05) is 11.2 Å². The molecule has 7 nitrogen and oxygen atoms in total. The van der Waals surface area contributed by atoms with Gasteiger partial charge in [0.05, 0.1) is 18.6 Å². The van der Waals surface area contributed by atoms with E-state index in [0.717, 1.165) is 19.5 Å². The predicted molar refractivity (Wildman–Crippen MR) is 83.9 cm³/mol. The molecule has 23 heavy (non-hydrogen) atoms. The van der Waals surface area contributed by atoms with Crippen molar-refractivity contribution in [3.05, 3.63) is 41.5 Å². The fourth-order valence-electron chi connectivity index (χ4n) is 2.34. The quantitative estimate of drug-likeness (QED) is 0.833. The standard InChI is InChI=1S/C15H17N3O4.ClH/c1-20-15(19)10-3-2-4-12(7-10)21-9-13-17-14(22-18-13)11-5-6-16-8-11;/h2-4,7,11,16H,5-6,8-9H2,1H3;1H/t11-;/m0./s1. The van der Waals surface area contributed by atoms with Crippen molar-refractivity contribution >= 4 is 18.4 Å². The maximum absolute atomic E-state index is 11.5. The van der Waals surface area contributed by atoms with Crippen molar-refractivity contribution < 1.29 is 18.8 Å². The molecule has 0 bridgehead atoms. The van der Waals surface area contributed by atoms with Crippen LogP contribution in [0.5, 0.6) is 5.75 Å². The molecule has 0 saturated carbocycles. The molecule has 0 radical (unpaired) electrons. The van der Waals surface area contributed by atoms with E-state index < -0.39 is 5.97 Å². The molecule has 1 fully saturated rings. The number of nitrogens with one attached hydrogen (secondary N) is 1. The molecule has 0 unspecified atom stereocenters. The van der Waals surface area contributed by atoms with Crippen molar-refractivity contribution in [3.8, 4) is 5.75 Å². The second-order valence-corrected chi connectivity index (χ2v) is 5.05. The molecule has 0 spiro atoms. The van der Waals surface area contributed by atoms with E-state index in [9.17, 15) is 4.79 Å². The molecule has 124 valence electrons. The predicted octanol–water partition coefficient (Wildman–Crippen LogP) is 1.93. The zero-order chi connectivity index (χ0) is 15.4. The summed E-state index contributed by atoms with van der Waals surface area (Å²) in [4.78, 5) is 15.8. The van der Waals surface area contributed by atoms with Gasteiger partial charge in [-0.2, -0.15) is 4.98 Å². The molecular weight excluding hydrogens is 322 g/mol. The molecule has 8 heteroatoms. The number of aromatic nitrogens is 2. The molecule has 1 saturated heterocycles. The third-order valence-electron chi connectivity index (χ3n) is 3.52. The number of hydrogen-bond donors (Lipinski definition) is 1. The molecule has 2 aromatic rings. The zero-order valence-corrected chi connectivity index (χ0v) is 13.5. The number of ether oxygens (including phenoxy) is 2. The highest BCUT2D eigenvalue weighted by Gasteiger charge is 2.22. The molecule has 1 N–H and O–H groups in total. The lowest BCUT2D eigenvalue weighted by molar-refractivity contribution is 0.0600.